The molecule has 1 saturated heterocycles. The molecule has 48 heavy (non-hydrogen) atoms. The number of hydrogen-bond donors (Lipinski definition) is 1. The molecule has 1 fully saturated rings. The highest BCUT2D eigenvalue weighted by molar-refractivity contribution is 6.41. The number of amides is 1. The second kappa shape index (κ2) is 13.6. The highest BCUT2D eigenvalue weighted by Crippen LogP contribution is 2.28. The summed E-state index contributed by atoms with van der Waals surface area (Å²) >= 11 is 0. The lowest BCUT2D eigenvalue weighted by Gasteiger charge is -2.36. The molecule has 1 aliphatic heterocycles. The molecule has 2 heterocycles. The first-order valence-electron chi connectivity index (χ1n) is 15.2. The Morgan fingerprint density at radius 2 is 1.52 bits per heavy atom. The standard InChI is InChI=1S/C37H29F4N3O4/c38-27-8-3-5-23(18-27)21-44-22-24(17-26-11-12-30(39)35(41)34(26)40)19-29(36(44)47)32(45)20-33(46)37(48)43-15-13-42(14-16-43)31-10-4-7-25-6-1-2-9-28(25)31/h1-12,18-20,22,45H,13-17,21H2/b32-20-. The maximum absolute atomic E-state index is 14.5. The second-order valence-corrected chi connectivity index (χ2v) is 11.5. The van der Waals surface area contributed by atoms with Crippen molar-refractivity contribution >= 4 is 33.9 Å². The Labute approximate surface area is 272 Å². The average Bonchev–Trinajstić information content (AvgIpc) is 3.09. The van der Waals surface area contributed by atoms with Crippen molar-refractivity contribution in [1.82, 2.24) is 9.47 Å². The van der Waals surface area contributed by atoms with E-state index in [0.29, 0.717) is 24.7 Å². The Morgan fingerprint density at radius 3 is 2.29 bits per heavy atom. The number of piperazine rings is 1. The number of carbonyl (C=O) groups excluding carboxylic acids is 2. The van der Waals surface area contributed by atoms with Gasteiger partial charge in [-0.25, -0.2) is 17.6 Å². The molecular weight excluding hydrogens is 626 g/mol. The summed E-state index contributed by atoms with van der Waals surface area (Å²) < 4.78 is 57.0. The van der Waals surface area contributed by atoms with Crippen LogP contribution < -0.4 is 10.5 Å². The molecule has 0 unspecified atom stereocenters. The van der Waals surface area contributed by atoms with Crippen LogP contribution in [0.5, 0.6) is 0 Å². The number of benzene rings is 4. The van der Waals surface area contributed by atoms with Crippen molar-refractivity contribution in [3.8, 4) is 0 Å². The zero-order valence-electron chi connectivity index (χ0n) is 25.5. The Kier molecular flexibility index (Phi) is 9.11. The number of aromatic nitrogens is 1. The first-order valence-corrected chi connectivity index (χ1v) is 15.2. The summed E-state index contributed by atoms with van der Waals surface area (Å²) in [6.07, 6.45) is 1.65. The predicted molar refractivity (Wildman–Crippen MR) is 174 cm³/mol. The summed E-state index contributed by atoms with van der Waals surface area (Å²) in [5.41, 5.74) is 0.181. The van der Waals surface area contributed by atoms with E-state index >= 15 is 0 Å². The summed E-state index contributed by atoms with van der Waals surface area (Å²) in [5, 5.41) is 13.1. The molecule has 11 heteroatoms. The van der Waals surface area contributed by atoms with E-state index in [1.165, 1.54) is 35.4 Å². The third-order valence-corrected chi connectivity index (χ3v) is 8.32. The van der Waals surface area contributed by atoms with Crippen molar-refractivity contribution in [2.75, 3.05) is 31.1 Å². The topological polar surface area (TPSA) is 82.8 Å². The molecule has 0 aliphatic carbocycles. The fourth-order valence-electron chi connectivity index (χ4n) is 5.90. The van der Waals surface area contributed by atoms with E-state index in [2.05, 4.69) is 4.90 Å². The van der Waals surface area contributed by atoms with Crippen LogP contribution in [0.2, 0.25) is 0 Å². The molecular formula is C37H29F4N3O4. The number of carbonyl (C=O) groups is 2. The Balaban J connectivity index is 1.24. The average molecular weight is 656 g/mol. The van der Waals surface area contributed by atoms with Crippen LogP contribution >= 0.6 is 0 Å². The number of hydrogen-bond acceptors (Lipinski definition) is 5. The number of pyridine rings is 1. The number of halogens is 4. The van der Waals surface area contributed by atoms with E-state index in [4.69, 9.17) is 0 Å². The number of aliphatic hydroxyl groups excluding tert-OH is 1. The van der Waals surface area contributed by atoms with Crippen molar-refractivity contribution < 1.29 is 32.3 Å². The van der Waals surface area contributed by atoms with Crippen LogP contribution in [0.25, 0.3) is 16.5 Å². The van der Waals surface area contributed by atoms with Gasteiger partial charge in [0, 0.05) is 55.9 Å². The van der Waals surface area contributed by atoms with E-state index in [9.17, 15) is 37.1 Å². The van der Waals surface area contributed by atoms with Gasteiger partial charge in [0.25, 0.3) is 11.5 Å². The highest BCUT2D eigenvalue weighted by Gasteiger charge is 2.27. The van der Waals surface area contributed by atoms with Gasteiger partial charge in [0.15, 0.2) is 17.5 Å². The largest absolute Gasteiger partial charge is 0.507 e. The van der Waals surface area contributed by atoms with Gasteiger partial charge in [0.1, 0.15) is 11.6 Å². The van der Waals surface area contributed by atoms with Crippen LogP contribution in [0.4, 0.5) is 23.2 Å². The number of anilines is 1. The van der Waals surface area contributed by atoms with E-state index < -0.39 is 51.8 Å². The molecule has 0 atom stereocenters. The molecule has 1 aliphatic rings. The number of ketones is 1. The molecule has 6 rings (SSSR count). The van der Waals surface area contributed by atoms with E-state index in [1.54, 1.807) is 6.07 Å². The fourth-order valence-corrected chi connectivity index (χ4v) is 5.90. The SMILES string of the molecule is O=C(/C=C(\O)c1cc(Cc2ccc(F)c(F)c2F)cn(Cc2cccc(F)c2)c1=O)C(=O)N1CCN(c2cccc3ccccc23)CC1. The van der Waals surface area contributed by atoms with Gasteiger partial charge in [-0.05, 0) is 52.4 Å². The molecule has 0 radical (unpaired) electrons. The van der Waals surface area contributed by atoms with Crippen LogP contribution in [0.1, 0.15) is 22.3 Å². The molecule has 4 aromatic carbocycles. The molecule has 1 N–H and O–H groups in total. The summed E-state index contributed by atoms with van der Waals surface area (Å²) in [7, 11) is 0. The van der Waals surface area contributed by atoms with Gasteiger partial charge in [-0.2, -0.15) is 0 Å². The monoisotopic (exact) mass is 655 g/mol. The highest BCUT2D eigenvalue weighted by atomic mass is 19.2. The first kappa shape index (κ1) is 32.2. The van der Waals surface area contributed by atoms with Crippen LogP contribution in [0.3, 0.4) is 0 Å². The van der Waals surface area contributed by atoms with Gasteiger partial charge >= 0.3 is 0 Å². The third-order valence-electron chi connectivity index (χ3n) is 8.32. The molecule has 244 valence electrons. The Morgan fingerprint density at radius 1 is 0.792 bits per heavy atom. The van der Waals surface area contributed by atoms with Crippen molar-refractivity contribution in [3.63, 3.8) is 0 Å². The number of nitrogens with zero attached hydrogens (tertiary/aromatic N) is 3. The molecule has 0 saturated carbocycles. The molecule has 1 aromatic heterocycles. The zero-order valence-corrected chi connectivity index (χ0v) is 25.5. The second-order valence-electron chi connectivity index (χ2n) is 11.5. The first-order chi connectivity index (χ1) is 23.1. The smallest absolute Gasteiger partial charge is 0.294 e. The molecule has 0 bridgehead atoms. The van der Waals surface area contributed by atoms with Gasteiger partial charge < -0.3 is 19.5 Å². The maximum atomic E-state index is 14.5. The quantitative estimate of drug-likeness (QED) is 0.0728. The van der Waals surface area contributed by atoms with Gasteiger partial charge in [-0.1, -0.05) is 54.6 Å². The van der Waals surface area contributed by atoms with Gasteiger partial charge in [-0.3, -0.25) is 14.4 Å². The lowest BCUT2D eigenvalue weighted by molar-refractivity contribution is -0.142. The fraction of sp³-hybridized carbons (Fsp3) is 0.162. The number of aliphatic hydroxyl groups is 1. The van der Waals surface area contributed by atoms with E-state index in [0.717, 1.165) is 33.2 Å². The summed E-state index contributed by atoms with van der Waals surface area (Å²) in [4.78, 5) is 43.1. The van der Waals surface area contributed by atoms with Crippen molar-refractivity contribution in [2.24, 2.45) is 0 Å². The minimum Gasteiger partial charge on any atom is -0.507 e. The maximum Gasteiger partial charge on any atom is 0.294 e. The molecule has 1 amide bonds. The predicted octanol–water partition coefficient (Wildman–Crippen LogP) is 6.01. The van der Waals surface area contributed by atoms with Crippen LogP contribution in [-0.4, -0.2) is 52.4 Å². The van der Waals surface area contributed by atoms with Gasteiger partial charge in [-0.15, -0.1) is 0 Å². The van der Waals surface area contributed by atoms with E-state index in [-0.39, 0.29) is 37.2 Å². The molecule has 0 spiro atoms. The van der Waals surface area contributed by atoms with Crippen LogP contribution in [0, 0.1) is 23.3 Å². The Hall–Kier alpha value is -5.71. The summed E-state index contributed by atoms with van der Waals surface area (Å²) in [6.45, 7) is 1.27. The molecule has 7 nitrogen and oxygen atoms in total. The normalized spacial score (nSPS) is 13.6. The lowest BCUT2D eigenvalue weighted by Crippen LogP contribution is -2.50. The van der Waals surface area contributed by atoms with E-state index in [1.807, 2.05) is 42.5 Å². The minimum absolute atomic E-state index is 0.168. The number of fused-ring (bicyclic) bond motifs is 1. The summed E-state index contributed by atoms with van der Waals surface area (Å²) in [6, 6.07) is 22.4. The van der Waals surface area contributed by atoms with Crippen molar-refractivity contribution in [3.05, 3.63) is 153 Å². The lowest BCUT2D eigenvalue weighted by atomic mass is 10.0. The van der Waals surface area contributed by atoms with Crippen molar-refractivity contribution in [2.45, 2.75) is 13.0 Å². The van der Waals surface area contributed by atoms with Gasteiger partial charge in [0.05, 0.1) is 12.1 Å². The van der Waals surface area contributed by atoms with Crippen LogP contribution in [0.15, 0.2) is 102 Å². The minimum atomic E-state index is -1.66. The van der Waals surface area contributed by atoms with Gasteiger partial charge in [0.2, 0.25) is 5.78 Å². The summed E-state index contributed by atoms with van der Waals surface area (Å²) in [5.74, 6) is -7.73. The molecule has 5 aromatic rings. The Bertz CT molecular complexity index is 2130. The van der Waals surface area contributed by atoms with Crippen molar-refractivity contribution in [1.29, 1.82) is 0 Å². The zero-order chi connectivity index (χ0) is 33.9. The van der Waals surface area contributed by atoms with Crippen LogP contribution in [-0.2, 0) is 22.6 Å². The number of rotatable bonds is 8. The third kappa shape index (κ3) is 6.71.